The van der Waals surface area contributed by atoms with Gasteiger partial charge in [0.05, 0.1) is 24.4 Å². The number of hydrogen-bond acceptors (Lipinski definition) is 5. The number of halogens is 2. The van der Waals surface area contributed by atoms with Gasteiger partial charge in [0.15, 0.2) is 11.5 Å². The van der Waals surface area contributed by atoms with Crippen molar-refractivity contribution in [3.63, 3.8) is 0 Å². The number of benzene rings is 2. The summed E-state index contributed by atoms with van der Waals surface area (Å²) in [5, 5.41) is 2.43. The quantitative estimate of drug-likeness (QED) is 0.514. The highest BCUT2D eigenvalue weighted by Gasteiger charge is 2.37. The molecule has 9 heteroatoms. The Morgan fingerprint density at radius 2 is 1.83 bits per heavy atom. The number of hydrogen-bond donors (Lipinski definition) is 1. The molecule has 2 aromatic carbocycles. The van der Waals surface area contributed by atoms with Crippen molar-refractivity contribution in [2.45, 2.75) is 6.92 Å². The predicted molar refractivity (Wildman–Crippen MR) is 112 cm³/mol. The van der Waals surface area contributed by atoms with Gasteiger partial charge in [0.1, 0.15) is 5.57 Å². The molecule has 0 saturated carbocycles. The summed E-state index contributed by atoms with van der Waals surface area (Å²) in [4.78, 5) is 38.4. The minimum absolute atomic E-state index is 0.234. The van der Waals surface area contributed by atoms with Gasteiger partial charge in [0.25, 0.3) is 11.8 Å². The molecular formula is C20H16BrClN2O5. The molecule has 1 aliphatic heterocycles. The molecule has 1 heterocycles. The molecule has 0 aromatic heterocycles. The first kappa shape index (κ1) is 20.9. The third-order valence-corrected chi connectivity index (χ3v) is 4.93. The van der Waals surface area contributed by atoms with Gasteiger partial charge in [0, 0.05) is 10.5 Å². The first-order valence-electron chi connectivity index (χ1n) is 8.53. The molecule has 1 saturated heterocycles. The van der Waals surface area contributed by atoms with E-state index in [-0.39, 0.29) is 10.6 Å². The number of amides is 4. The third kappa shape index (κ3) is 4.28. The van der Waals surface area contributed by atoms with E-state index in [0.717, 1.165) is 9.37 Å². The van der Waals surface area contributed by atoms with Gasteiger partial charge in [-0.25, -0.2) is 9.69 Å². The Balaban J connectivity index is 2.05. The monoisotopic (exact) mass is 478 g/mol. The van der Waals surface area contributed by atoms with Gasteiger partial charge in [-0.1, -0.05) is 27.5 Å². The third-order valence-electron chi connectivity index (χ3n) is 4.07. The van der Waals surface area contributed by atoms with E-state index in [9.17, 15) is 14.4 Å². The van der Waals surface area contributed by atoms with E-state index in [2.05, 4.69) is 21.2 Å². The lowest BCUT2D eigenvalue weighted by Gasteiger charge is -2.26. The van der Waals surface area contributed by atoms with Crippen molar-refractivity contribution in [2.75, 3.05) is 18.6 Å². The van der Waals surface area contributed by atoms with E-state index in [0.29, 0.717) is 29.4 Å². The Bertz CT molecular complexity index is 1020. The summed E-state index contributed by atoms with van der Waals surface area (Å²) in [6.07, 6.45) is 1.32. The van der Waals surface area contributed by atoms with Crippen molar-refractivity contribution >= 4 is 57.1 Å². The van der Waals surface area contributed by atoms with Crippen molar-refractivity contribution in [3.05, 3.63) is 57.0 Å². The summed E-state index contributed by atoms with van der Waals surface area (Å²) in [5.74, 6) is -0.732. The van der Waals surface area contributed by atoms with Crippen LogP contribution in [0.3, 0.4) is 0 Å². The number of imide groups is 2. The van der Waals surface area contributed by atoms with Crippen molar-refractivity contribution in [1.29, 1.82) is 0 Å². The fourth-order valence-electron chi connectivity index (χ4n) is 2.73. The molecule has 2 aromatic rings. The summed E-state index contributed by atoms with van der Waals surface area (Å²) in [5.41, 5.74) is 0.464. The van der Waals surface area contributed by atoms with Crippen LogP contribution in [0.5, 0.6) is 11.5 Å². The molecular weight excluding hydrogens is 464 g/mol. The maximum absolute atomic E-state index is 12.9. The summed E-state index contributed by atoms with van der Waals surface area (Å²) >= 11 is 9.58. The second-order valence-corrected chi connectivity index (χ2v) is 7.21. The van der Waals surface area contributed by atoms with Crippen LogP contribution in [0.4, 0.5) is 10.5 Å². The van der Waals surface area contributed by atoms with E-state index in [1.54, 1.807) is 30.3 Å². The van der Waals surface area contributed by atoms with Crippen molar-refractivity contribution in [2.24, 2.45) is 0 Å². The number of carbonyl (C=O) groups is 3. The van der Waals surface area contributed by atoms with Crippen LogP contribution in [0.1, 0.15) is 12.5 Å². The van der Waals surface area contributed by atoms with Gasteiger partial charge in [0.2, 0.25) is 0 Å². The summed E-state index contributed by atoms with van der Waals surface area (Å²) < 4.78 is 11.5. The summed E-state index contributed by atoms with van der Waals surface area (Å²) in [6, 6.07) is 8.82. The van der Waals surface area contributed by atoms with Crippen molar-refractivity contribution < 1.29 is 23.9 Å². The maximum atomic E-state index is 12.9. The van der Waals surface area contributed by atoms with Gasteiger partial charge in [-0.05, 0) is 48.9 Å². The second-order valence-electron chi connectivity index (χ2n) is 5.89. The highest BCUT2D eigenvalue weighted by molar-refractivity contribution is 9.10. The van der Waals surface area contributed by atoms with Crippen LogP contribution in [0.25, 0.3) is 6.08 Å². The average molecular weight is 480 g/mol. The fraction of sp³-hybridized carbons (Fsp3) is 0.150. The largest absolute Gasteiger partial charge is 0.493 e. The van der Waals surface area contributed by atoms with Gasteiger partial charge in [-0.2, -0.15) is 0 Å². The predicted octanol–water partition coefficient (Wildman–Crippen LogP) is 4.18. The number of nitrogens with zero attached hydrogens (tertiary/aromatic N) is 1. The van der Waals surface area contributed by atoms with Crippen LogP contribution in [-0.4, -0.2) is 31.6 Å². The SMILES string of the molecule is CCOc1cc(/C=C2\C(=O)NC(=O)N(c3ccc(Br)cc3)C2=O)c(Cl)cc1OC. The maximum Gasteiger partial charge on any atom is 0.335 e. The second kappa shape index (κ2) is 8.67. The van der Waals surface area contributed by atoms with E-state index in [1.165, 1.54) is 19.3 Å². The van der Waals surface area contributed by atoms with Gasteiger partial charge >= 0.3 is 6.03 Å². The first-order valence-corrected chi connectivity index (χ1v) is 9.70. The van der Waals surface area contributed by atoms with Gasteiger partial charge in [-0.3, -0.25) is 14.9 Å². The van der Waals surface area contributed by atoms with Crippen LogP contribution >= 0.6 is 27.5 Å². The number of rotatable bonds is 5. The zero-order valence-electron chi connectivity index (χ0n) is 15.5. The zero-order chi connectivity index (χ0) is 21.1. The number of methoxy groups -OCH3 is 1. The van der Waals surface area contributed by atoms with E-state index in [1.807, 2.05) is 6.92 Å². The highest BCUT2D eigenvalue weighted by Crippen LogP contribution is 2.35. The molecule has 150 valence electrons. The van der Waals surface area contributed by atoms with Crippen LogP contribution < -0.4 is 19.7 Å². The standard InChI is InChI=1S/C20H16BrClN2O5/c1-3-29-17-9-11(15(22)10-16(17)28-2)8-14-18(25)23-20(27)24(19(14)26)13-6-4-12(21)5-7-13/h4-10H,3H2,1-2H3,(H,23,25,27)/b14-8+. The van der Waals surface area contributed by atoms with Gasteiger partial charge < -0.3 is 9.47 Å². The molecule has 0 spiro atoms. The van der Waals surface area contributed by atoms with E-state index >= 15 is 0 Å². The smallest absolute Gasteiger partial charge is 0.335 e. The molecule has 1 fully saturated rings. The summed E-state index contributed by atoms with van der Waals surface area (Å²) in [7, 11) is 1.48. The molecule has 1 N–H and O–H groups in total. The molecule has 3 rings (SSSR count). The Morgan fingerprint density at radius 1 is 1.14 bits per heavy atom. The highest BCUT2D eigenvalue weighted by atomic mass is 79.9. The van der Waals surface area contributed by atoms with E-state index < -0.39 is 17.8 Å². The first-order chi connectivity index (χ1) is 13.8. The molecule has 4 amide bonds. The molecule has 0 aliphatic carbocycles. The minimum atomic E-state index is -0.824. The average Bonchev–Trinajstić information content (AvgIpc) is 2.68. The number of nitrogens with one attached hydrogen (secondary N) is 1. The molecule has 29 heavy (non-hydrogen) atoms. The molecule has 0 unspecified atom stereocenters. The van der Waals surface area contributed by atoms with Crippen LogP contribution in [0, 0.1) is 0 Å². The zero-order valence-corrected chi connectivity index (χ0v) is 17.8. The molecule has 0 bridgehead atoms. The lowest BCUT2D eigenvalue weighted by atomic mass is 10.1. The molecule has 1 aliphatic rings. The fourth-order valence-corrected chi connectivity index (χ4v) is 3.20. The van der Waals surface area contributed by atoms with E-state index in [4.69, 9.17) is 21.1 Å². The van der Waals surface area contributed by atoms with Crippen LogP contribution in [0.2, 0.25) is 5.02 Å². The van der Waals surface area contributed by atoms with Crippen LogP contribution in [0.15, 0.2) is 46.4 Å². The Kier molecular flexibility index (Phi) is 6.24. The van der Waals surface area contributed by atoms with Gasteiger partial charge in [-0.15, -0.1) is 0 Å². The Hall–Kier alpha value is -2.84. The molecule has 0 atom stereocenters. The summed E-state index contributed by atoms with van der Waals surface area (Å²) in [6.45, 7) is 2.20. The van der Waals surface area contributed by atoms with Crippen molar-refractivity contribution in [1.82, 2.24) is 5.32 Å². The number of anilines is 1. The number of carbonyl (C=O) groups excluding carboxylic acids is 3. The Labute approximate surface area is 180 Å². The minimum Gasteiger partial charge on any atom is -0.493 e. The normalized spacial score (nSPS) is 15.5. The Morgan fingerprint density at radius 3 is 2.45 bits per heavy atom. The van der Waals surface area contributed by atoms with Crippen molar-refractivity contribution in [3.8, 4) is 11.5 Å². The lowest BCUT2D eigenvalue weighted by Crippen LogP contribution is -2.54. The number of ether oxygens (including phenoxy) is 2. The topological polar surface area (TPSA) is 84.9 Å². The number of urea groups is 1. The van der Waals surface area contributed by atoms with Crippen LogP contribution in [-0.2, 0) is 9.59 Å². The lowest BCUT2D eigenvalue weighted by molar-refractivity contribution is -0.122. The molecule has 7 nitrogen and oxygen atoms in total. The molecule has 0 radical (unpaired) electrons. The number of barbiturate groups is 1.